The topological polar surface area (TPSA) is 49.7 Å². The van der Waals surface area contributed by atoms with E-state index >= 15 is 0 Å². The average Bonchev–Trinajstić information content (AvgIpc) is 2.09. The van der Waals surface area contributed by atoms with Crippen LogP contribution in [0.1, 0.15) is 6.92 Å². The average molecular weight is 235 g/mol. The zero-order chi connectivity index (χ0) is 10.7. The molecule has 0 spiro atoms. The predicted molar refractivity (Wildman–Crippen MR) is 57.5 cm³/mol. The quantitative estimate of drug-likeness (QED) is 0.770. The zero-order valence-electron chi connectivity index (χ0n) is 7.50. The molecular formula is C8H9BCl2O3. The molecule has 1 rings (SSSR count). The second-order valence-electron chi connectivity index (χ2n) is 2.61. The molecule has 0 fully saturated rings. The van der Waals surface area contributed by atoms with Gasteiger partial charge < -0.3 is 14.8 Å². The molecule has 0 aromatic heterocycles. The van der Waals surface area contributed by atoms with E-state index < -0.39 is 7.12 Å². The van der Waals surface area contributed by atoms with Gasteiger partial charge in [0.25, 0.3) is 0 Å². The number of ether oxygens (including phenoxy) is 1. The second kappa shape index (κ2) is 4.89. The Hall–Kier alpha value is -0.415. The van der Waals surface area contributed by atoms with Crippen molar-refractivity contribution in [3.05, 3.63) is 22.2 Å². The van der Waals surface area contributed by atoms with Crippen molar-refractivity contribution in [2.75, 3.05) is 6.61 Å². The van der Waals surface area contributed by atoms with Gasteiger partial charge in [-0.15, -0.1) is 0 Å². The van der Waals surface area contributed by atoms with Crippen molar-refractivity contribution in [2.45, 2.75) is 6.92 Å². The van der Waals surface area contributed by atoms with E-state index in [0.717, 1.165) is 0 Å². The third-order valence-corrected chi connectivity index (χ3v) is 2.25. The van der Waals surface area contributed by atoms with Crippen LogP contribution in [0, 0.1) is 0 Å². The summed E-state index contributed by atoms with van der Waals surface area (Å²) in [6.07, 6.45) is 0. The first kappa shape index (κ1) is 11.7. The van der Waals surface area contributed by atoms with E-state index in [0.29, 0.717) is 17.4 Å². The van der Waals surface area contributed by atoms with E-state index in [4.69, 9.17) is 38.0 Å². The number of hydrogen-bond acceptors (Lipinski definition) is 3. The van der Waals surface area contributed by atoms with Gasteiger partial charge in [-0.25, -0.2) is 0 Å². The summed E-state index contributed by atoms with van der Waals surface area (Å²) in [6, 6.07) is 2.84. The van der Waals surface area contributed by atoms with Crippen molar-refractivity contribution in [3.8, 4) is 5.75 Å². The number of benzene rings is 1. The SMILES string of the molecule is CCOc1cc(B(O)O)c(Cl)cc1Cl. The van der Waals surface area contributed by atoms with Crippen LogP contribution in [0.15, 0.2) is 12.1 Å². The second-order valence-corrected chi connectivity index (χ2v) is 3.43. The third kappa shape index (κ3) is 2.54. The van der Waals surface area contributed by atoms with E-state index in [-0.39, 0.29) is 10.5 Å². The van der Waals surface area contributed by atoms with E-state index in [1.165, 1.54) is 12.1 Å². The fourth-order valence-electron chi connectivity index (χ4n) is 1.01. The summed E-state index contributed by atoms with van der Waals surface area (Å²) in [5.41, 5.74) is 0.180. The lowest BCUT2D eigenvalue weighted by molar-refractivity contribution is 0.340. The van der Waals surface area contributed by atoms with Crippen LogP contribution >= 0.6 is 23.2 Å². The van der Waals surface area contributed by atoms with Gasteiger partial charge in [-0.05, 0) is 19.1 Å². The Morgan fingerprint density at radius 3 is 2.43 bits per heavy atom. The van der Waals surface area contributed by atoms with Crippen LogP contribution in [-0.4, -0.2) is 23.8 Å². The summed E-state index contributed by atoms with van der Waals surface area (Å²) in [5.74, 6) is 0.390. The summed E-state index contributed by atoms with van der Waals surface area (Å²) in [4.78, 5) is 0. The highest BCUT2D eigenvalue weighted by molar-refractivity contribution is 6.63. The zero-order valence-corrected chi connectivity index (χ0v) is 9.01. The standard InChI is InChI=1S/C8H9BCl2O3/c1-2-14-8-3-5(9(12)13)6(10)4-7(8)11/h3-4,12-13H,2H2,1H3. The maximum atomic E-state index is 8.96. The Balaban J connectivity index is 3.13. The van der Waals surface area contributed by atoms with Crippen LogP contribution in [-0.2, 0) is 0 Å². The van der Waals surface area contributed by atoms with E-state index in [9.17, 15) is 0 Å². The molecule has 2 N–H and O–H groups in total. The molecule has 0 bridgehead atoms. The van der Waals surface area contributed by atoms with Crippen molar-refractivity contribution in [3.63, 3.8) is 0 Å². The number of halogens is 2. The molecule has 0 aliphatic rings. The molecule has 0 saturated carbocycles. The lowest BCUT2D eigenvalue weighted by atomic mass is 9.80. The van der Waals surface area contributed by atoms with Gasteiger partial charge in [-0.1, -0.05) is 23.2 Å². The molecule has 0 aliphatic heterocycles. The van der Waals surface area contributed by atoms with Gasteiger partial charge in [0.1, 0.15) is 5.75 Å². The van der Waals surface area contributed by atoms with Crippen LogP contribution in [0.2, 0.25) is 10.0 Å². The molecule has 0 saturated heterocycles. The fourth-order valence-corrected chi connectivity index (χ4v) is 1.54. The lowest BCUT2D eigenvalue weighted by Gasteiger charge is -2.09. The molecule has 0 unspecified atom stereocenters. The molecule has 0 heterocycles. The Kier molecular flexibility index (Phi) is 4.07. The van der Waals surface area contributed by atoms with Crippen molar-refractivity contribution in [1.82, 2.24) is 0 Å². The lowest BCUT2D eigenvalue weighted by Crippen LogP contribution is -2.30. The summed E-state index contributed by atoms with van der Waals surface area (Å²) < 4.78 is 5.17. The monoisotopic (exact) mass is 234 g/mol. The molecule has 0 atom stereocenters. The van der Waals surface area contributed by atoms with Gasteiger partial charge in [0.05, 0.1) is 11.6 Å². The van der Waals surface area contributed by atoms with E-state index in [1.807, 2.05) is 0 Å². The van der Waals surface area contributed by atoms with Crippen molar-refractivity contribution >= 4 is 35.8 Å². The van der Waals surface area contributed by atoms with Crippen molar-refractivity contribution in [1.29, 1.82) is 0 Å². The van der Waals surface area contributed by atoms with Gasteiger partial charge in [0.2, 0.25) is 0 Å². The molecule has 0 aliphatic carbocycles. The molecule has 0 radical (unpaired) electrons. The Labute approximate surface area is 92.4 Å². The fraction of sp³-hybridized carbons (Fsp3) is 0.250. The molecule has 1 aromatic carbocycles. The van der Waals surface area contributed by atoms with E-state index in [1.54, 1.807) is 6.92 Å². The van der Waals surface area contributed by atoms with Crippen molar-refractivity contribution in [2.24, 2.45) is 0 Å². The summed E-state index contributed by atoms with van der Waals surface area (Å²) in [5, 5.41) is 18.5. The summed E-state index contributed by atoms with van der Waals surface area (Å²) in [6.45, 7) is 2.25. The van der Waals surface area contributed by atoms with E-state index in [2.05, 4.69) is 0 Å². The number of hydrogen-bond donors (Lipinski definition) is 2. The van der Waals surface area contributed by atoms with Crippen LogP contribution in [0.4, 0.5) is 0 Å². The summed E-state index contributed by atoms with van der Waals surface area (Å²) in [7, 11) is -1.63. The van der Waals surface area contributed by atoms with Crippen LogP contribution in [0.5, 0.6) is 5.75 Å². The highest BCUT2D eigenvalue weighted by atomic mass is 35.5. The minimum atomic E-state index is -1.63. The maximum Gasteiger partial charge on any atom is 0.490 e. The minimum Gasteiger partial charge on any atom is -0.492 e. The predicted octanol–water partition coefficient (Wildman–Crippen LogP) is 1.07. The third-order valence-electron chi connectivity index (χ3n) is 1.63. The highest BCUT2D eigenvalue weighted by Crippen LogP contribution is 2.26. The maximum absolute atomic E-state index is 8.96. The summed E-state index contributed by atoms with van der Waals surface area (Å²) >= 11 is 11.5. The smallest absolute Gasteiger partial charge is 0.490 e. The molecule has 14 heavy (non-hydrogen) atoms. The van der Waals surface area contributed by atoms with Crippen LogP contribution < -0.4 is 10.2 Å². The largest absolute Gasteiger partial charge is 0.492 e. The van der Waals surface area contributed by atoms with Gasteiger partial charge in [0.15, 0.2) is 0 Å². The first-order chi connectivity index (χ1) is 6.56. The molecule has 0 amide bonds. The van der Waals surface area contributed by atoms with Gasteiger partial charge in [0, 0.05) is 10.5 Å². The molecule has 76 valence electrons. The molecule has 3 nitrogen and oxygen atoms in total. The molecule has 6 heteroatoms. The Morgan fingerprint density at radius 1 is 1.29 bits per heavy atom. The minimum absolute atomic E-state index is 0.180. The van der Waals surface area contributed by atoms with Gasteiger partial charge >= 0.3 is 7.12 Å². The van der Waals surface area contributed by atoms with Crippen LogP contribution in [0.3, 0.4) is 0 Å². The first-order valence-corrected chi connectivity index (χ1v) is 4.79. The molecular weight excluding hydrogens is 226 g/mol. The van der Waals surface area contributed by atoms with Gasteiger partial charge in [-0.3, -0.25) is 0 Å². The highest BCUT2D eigenvalue weighted by Gasteiger charge is 2.18. The normalized spacial score (nSPS) is 10.1. The Morgan fingerprint density at radius 2 is 1.93 bits per heavy atom. The first-order valence-electron chi connectivity index (χ1n) is 4.04. The van der Waals surface area contributed by atoms with Crippen molar-refractivity contribution < 1.29 is 14.8 Å². The molecule has 1 aromatic rings. The Bertz CT molecular complexity index is 331. The van der Waals surface area contributed by atoms with Gasteiger partial charge in [-0.2, -0.15) is 0 Å². The number of rotatable bonds is 3. The van der Waals surface area contributed by atoms with Crippen LogP contribution in [0.25, 0.3) is 0 Å².